The van der Waals surface area contributed by atoms with E-state index >= 15 is 0 Å². The van der Waals surface area contributed by atoms with Gasteiger partial charge in [-0.1, -0.05) is 11.6 Å². The summed E-state index contributed by atoms with van der Waals surface area (Å²) in [6.45, 7) is 0. The highest BCUT2D eigenvalue weighted by atomic mass is 35.5. The van der Waals surface area contributed by atoms with Gasteiger partial charge in [-0.3, -0.25) is 4.99 Å². The summed E-state index contributed by atoms with van der Waals surface area (Å²) in [5.74, 6) is 1.10. The Hall–Kier alpha value is -0.150. The van der Waals surface area contributed by atoms with Gasteiger partial charge in [0.15, 0.2) is 0 Å². The number of hydrogen-bond donors (Lipinski definition) is 1. The van der Waals surface area contributed by atoms with E-state index < -0.39 is 0 Å². The van der Waals surface area contributed by atoms with Gasteiger partial charge in [0.1, 0.15) is 5.17 Å². The number of hydrogen-bond acceptors (Lipinski definition) is 3. The van der Waals surface area contributed by atoms with Gasteiger partial charge >= 0.3 is 0 Å². The lowest BCUT2D eigenvalue weighted by molar-refractivity contribution is 0.892. The van der Waals surface area contributed by atoms with Crippen LogP contribution in [0.5, 0.6) is 0 Å². The summed E-state index contributed by atoms with van der Waals surface area (Å²) in [6, 6.07) is 0. The maximum Gasteiger partial charge on any atom is 0.138 e. The maximum absolute atomic E-state index is 5.83. The molecule has 11 heavy (non-hydrogen) atoms. The minimum Gasteiger partial charge on any atom is -0.401 e. The third kappa shape index (κ3) is 2.14. The van der Waals surface area contributed by atoms with E-state index in [0.29, 0.717) is 5.17 Å². The quantitative estimate of drug-likeness (QED) is 0.642. The molecule has 2 N–H and O–H groups in total. The van der Waals surface area contributed by atoms with Crippen molar-refractivity contribution in [1.29, 1.82) is 0 Å². The van der Waals surface area contributed by atoms with Crippen molar-refractivity contribution in [3.63, 3.8) is 0 Å². The normalized spacial score (nSPS) is 20.7. The number of allylic oxidation sites excluding steroid dienone is 2. The summed E-state index contributed by atoms with van der Waals surface area (Å²) in [6.07, 6.45) is 2.10. The molecule has 0 atom stereocenters. The standard InChI is InChI=1S/C7H11ClN2S/c1-10-7(8)6-5(9)3-2-4-11-6/h2-4,9H2,1H3. The van der Waals surface area contributed by atoms with E-state index in [1.165, 1.54) is 0 Å². The predicted octanol–water partition coefficient (Wildman–Crippen LogP) is 1.95. The SMILES string of the molecule is CN=C(Cl)C1=C(N)CCCS1. The summed E-state index contributed by atoms with van der Waals surface area (Å²) in [5.41, 5.74) is 6.63. The Morgan fingerprint density at radius 1 is 1.73 bits per heavy atom. The predicted molar refractivity (Wildman–Crippen MR) is 52.1 cm³/mol. The first kappa shape index (κ1) is 8.94. The van der Waals surface area contributed by atoms with E-state index in [0.717, 1.165) is 29.2 Å². The van der Waals surface area contributed by atoms with Crippen molar-refractivity contribution < 1.29 is 0 Å². The second-order valence-electron chi connectivity index (χ2n) is 2.32. The molecular weight excluding hydrogens is 180 g/mol. The second kappa shape index (κ2) is 4.02. The van der Waals surface area contributed by atoms with Gasteiger partial charge in [-0.05, 0) is 18.6 Å². The summed E-state index contributed by atoms with van der Waals surface area (Å²) in [5, 5.41) is 0.548. The third-order valence-electron chi connectivity index (χ3n) is 1.51. The van der Waals surface area contributed by atoms with Crippen LogP contribution in [-0.2, 0) is 0 Å². The van der Waals surface area contributed by atoms with Crippen molar-refractivity contribution in [2.24, 2.45) is 10.7 Å². The molecule has 62 valence electrons. The Bertz CT molecular complexity index is 210. The minimum absolute atomic E-state index is 0.548. The van der Waals surface area contributed by atoms with E-state index in [9.17, 15) is 0 Å². The molecule has 1 aliphatic rings. The molecule has 0 fully saturated rings. The molecule has 1 aliphatic heterocycles. The molecule has 0 aromatic heterocycles. The first-order valence-corrected chi connectivity index (χ1v) is 4.86. The lowest BCUT2D eigenvalue weighted by Crippen LogP contribution is -2.10. The molecule has 0 spiro atoms. The molecule has 0 radical (unpaired) electrons. The lowest BCUT2D eigenvalue weighted by Gasteiger charge is -2.14. The van der Waals surface area contributed by atoms with E-state index in [2.05, 4.69) is 4.99 Å². The van der Waals surface area contributed by atoms with Crippen LogP contribution >= 0.6 is 23.4 Å². The van der Waals surface area contributed by atoms with Crippen LogP contribution in [0.4, 0.5) is 0 Å². The summed E-state index contributed by atoms with van der Waals surface area (Å²) < 4.78 is 0. The second-order valence-corrected chi connectivity index (χ2v) is 3.78. The fourth-order valence-electron chi connectivity index (χ4n) is 0.937. The highest BCUT2D eigenvalue weighted by Crippen LogP contribution is 2.29. The Balaban J connectivity index is 2.82. The largest absolute Gasteiger partial charge is 0.401 e. The molecule has 0 saturated heterocycles. The summed E-state index contributed by atoms with van der Waals surface area (Å²) in [4.78, 5) is 4.86. The molecule has 0 aromatic carbocycles. The molecule has 0 saturated carbocycles. The molecule has 0 aromatic rings. The number of nitrogens with zero attached hydrogens (tertiary/aromatic N) is 1. The van der Waals surface area contributed by atoms with E-state index in [4.69, 9.17) is 17.3 Å². The molecule has 0 aliphatic carbocycles. The smallest absolute Gasteiger partial charge is 0.138 e. The average Bonchev–Trinajstić information content (AvgIpc) is 2.04. The first-order valence-electron chi connectivity index (χ1n) is 3.49. The van der Waals surface area contributed by atoms with Crippen LogP contribution in [0.25, 0.3) is 0 Å². The molecule has 1 rings (SSSR count). The molecule has 2 nitrogen and oxygen atoms in total. The Kier molecular flexibility index (Phi) is 3.27. The average molecular weight is 191 g/mol. The first-order chi connectivity index (χ1) is 5.25. The zero-order chi connectivity index (χ0) is 8.27. The van der Waals surface area contributed by atoms with Crippen LogP contribution in [-0.4, -0.2) is 18.0 Å². The van der Waals surface area contributed by atoms with Crippen molar-refractivity contribution in [1.82, 2.24) is 0 Å². The lowest BCUT2D eigenvalue weighted by atomic mass is 10.2. The van der Waals surface area contributed by atoms with Crippen molar-refractivity contribution in [3.05, 3.63) is 10.6 Å². The van der Waals surface area contributed by atoms with Crippen LogP contribution in [0.1, 0.15) is 12.8 Å². The maximum atomic E-state index is 5.83. The van der Waals surface area contributed by atoms with Crippen LogP contribution < -0.4 is 5.73 Å². The van der Waals surface area contributed by atoms with Crippen LogP contribution in [0, 0.1) is 0 Å². The molecule has 0 unspecified atom stereocenters. The zero-order valence-electron chi connectivity index (χ0n) is 6.43. The molecule has 0 bridgehead atoms. The Morgan fingerprint density at radius 3 is 3.00 bits per heavy atom. The zero-order valence-corrected chi connectivity index (χ0v) is 8.00. The molecule has 1 heterocycles. The van der Waals surface area contributed by atoms with Crippen molar-refractivity contribution in [2.75, 3.05) is 12.8 Å². The number of rotatable bonds is 1. The van der Waals surface area contributed by atoms with Crippen LogP contribution in [0.3, 0.4) is 0 Å². The van der Waals surface area contributed by atoms with Gasteiger partial charge in [0, 0.05) is 12.7 Å². The van der Waals surface area contributed by atoms with E-state index in [1.807, 2.05) is 0 Å². The van der Waals surface area contributed by atoms with Gasteiger partial charge in [0.05, 0.1) is 4.91 Å². The molecular formula is C7H11ClN2S. The highest BCUT2D eigenvalue weighted by molar-refractivity contribution is 8.04. The number of thioether (sulfide) groups is 1. The van der Waals surface area contributed by atoms with Crippen molar-refractivity contribution in [3.8, 4) is 0 Å². The van der Waals surface area contributed by atoms with Gasteiger partial charge < -0.3 is 5.73 Å². The monoisotopic (exact) mass is 190 g/mol. The third-order valence-corrected chi connectivity index (χ3v) is 3.22. The Morgan fingerprint density at radius 2 is 2.45 bits per heavy atom. The topological polar surface area (TPSA) is 38.4 Å². The van der Waals surface area contributed by atoms with Gasteiger partial charge in [-0.2, -0.15) is 0 Å². The Labute approximate surface area is 75.9 Å². The fraction of sp³-hybridized carbons (Fsp3) is 0.571. The fourth-order valence-corrected chi connectivity index (χ4v) is 2.21. The molecule has 0 amide bonds. The molecule has 4 heteroatoms. The van der Waals surface area contributed by atoms with Gasteiger partial charge in [0.2, 0.25) is 0 Å². The van der Waals surface area contributed by atoms with Gasteiger partial charge in [0.25, 0.3) is 0 Å². The summed E-state index contributed by atoms with van der Waals surface area (Å²) >= 11 is 7.53. The van der Waals surface area contributed by atoms with E-state index in [-0.39, 0.29) is 0 Å². The minimum atomic E-state index is 0.548. The number of aliphatic imine (C=N–C) groups is 1. The highest BCUT2D eigenvalue weighted by Gasteiger charge is 2.13. The van der Waals surface area contributed by atoms with Crippen LogP contribution in [0.15, 0.2) is 15.6 Å². The van der Waals surface area contributed by atoms with E-state index in [1.54, 1.807) is 18.8 Å². The van der Waals surface area contributed by atoms with Crippen LogP contribution in [0.2, 0.25) is 0 Å². The number of nitrogens with two attached hydrogens (primary N) is 1. The van der Waals surface area contributed by atoms with Gasteiger partial charge in [-0.15, -0.1) is 11.8 Å². The van der Waals surface area contributed by atoms with Crippen molar-refractivity contribution >= 4 is 28.5 Å². The van der Waals surface area contributed by atoms with Crippen molar-refractivity contribution in [2.45, 2.75) is 12.8 Å². The van der Waals surface area contributed by atoms with Gasteiger partial charge in [-0.25, -0.2) is 0 Å². The number of halogens is 1. The summed E-state index contributed by atoms with van der Waals surface area (Å²) in [7, 11) is 1.68.